The van der Waals surface area contributed by atoms with Crippen molar-refractivity contribution in [3.8, 4) is 0 Å². The Morgan fingerprint density at radius 2 is 1.67 bits per heavy atom. The number of hydrogen-bond donors (Lipinski definition) is 1. The SMILES string of the molecule is CC(CC(O)(c1cccs1)c1cccs1)N(C)C. The van der Waals surface area contributed by atoms with E-state index < -0.39 is 5.60 Å². The first-order chi connectivity index (χ1) is 8.54. The number of nitrogens with zero attached hydrogens (tertiary/aromatic N) is 1. The molecule has 0 radical (unpaired) electrons. The van der Waals surface area contributed by atoms with Crippen molar-refractivity contribution in [2.45, 2.75) is 25.0 Å². The van der Waals surface area contributed by atoms with Gasteiger partial charge in [-0.25, -0.2) is 0 Å². The largest absolute Gasteiger partial charge is 0.379 e. The molecular formula is C14H19NOS2. The Morgan fingerprint density at radius 3 is 2.00 bits per heavy atom. The Labute approximate surface area is 117 Å². The van der Waals surface area contributed by atoms with Crippen LogP contribution in [0.4, 0.5) is 0 Å². The fourth-order valence-electron chi connectivity index (χ4n) is 1.96. The maximum atomic E-state index is 11.1. The third-order valence-corrected chi connectivity index (χ3v) is 5.37. The van der Waals surface area contributed by atoms with E-state index in [1.165, 1.54) is 0 Å². The lowest BCUT2D eigenvalue weighted by atomic mass is 9.91. The Morgan fingerprint density at radius 1 is 1.17 bits per heavy atom. The Bertz CT molecular complexity index is 428. The molecule has 0 amide bonds. The highest BCUT2D eigenvalue weighted by Gasteiger charge is 2.35. The van der Waals surface area contributed by atoms with Gasteiger partial charge in [0.2, 0.25) is 0 Å². The molecule has 0 aliphatic heterocycles. The number of hydrogen-bond acceptors (Lipinski definition) is 4. The van der Waals surface area contributed by atoms with Crippen molar-refractivity contribution in [2.24, 2.45) is 0 Å². The first-order valence-electron chi connectivity index (χ1n) is 6.01. The summed E-state index contributed by atoms with van der Waals surface area (Å²) in [6.07, 6.45) is 0.709. The molecule has 1 atom stereocenters. The molecule has 4 heteroatoms. The molecular weight excluding hydrogens is 262 g/mol. The minimum Gasteiger partial charge on any atom is -0.379 e. The van der Waals surface area contributed by atoms with E-state index in [0.29, 0.717) is 12.5 Å². The van der Waals surface area contributed by atoms with E-state index in [1.54, 1.807) is 22.7 Å². The lowest BCUT2D eigenvalue weighted by Gasteiger charge is -2.32. The predicted molar refractivity (Wildman–Crippen MR) is 79.4 cm³/mol. The summed E-state index contributed by atoms with van der Waals surface area (Å²) >= 11 is 3.24. The van der Waals surface area contributed by atoms with Gasteiger partial charge < -0.3 is 10.0 Å². The molecule has 2 rings (SSSR count). The van der Waals surface area contributed by atoms with Crippen molar-refractivity contribution in [1.82, 2.24) is 4.90 Å². The molecule has 0 aliphatic carbocycles. The summed E-state index contributed by atoms with van der Waals surface area (Å²) in [4.78, 5) is 4.20. The second-order valence-electron chi connectivity index (χ2n) is 4.83. The fraction of sp³-hybridized carbons (Fsp3) is 0.429. The summed E-state index contributed by atoms with van der Waals surface area (Å²) in [5, 5.41) is 15.2. The van der Waals surface area contributed by atoms with Crippen molar-refractivity contribution >= 4 is 22.7 Å². The molecule has 2 aromatic rings. The molecule has 2 aromatic heterocycles. The molecule has 0 aliphatic rings. The lowest BCUT2D eigenvalue weighted by Crippen LogP contribution is -2.35. The predicted octanol–water partition coefficient (Wildman–Crippen LogP) is 3.39. The monoisotopic (exact) mass is 281 g/mol. The van der Waals surface area contributed by atoms with Crippen LogP contribution in [0.5, 0.6) is 0 Å². The second kappa shape index (κ2) is 5.53. The minimum atomic E-state index is -0.855. The van der Waals surface area contributed by atoms with Gasteiger partial charge in [-0.3, -0.25) is 0 Å². The van der Waals surface area contributed by atoms with Gasteiger partial charge in [-0.2, -0.15) is 0 Å². The average Bonchev–Trinajstić information content (AvgIpc) is 3.02. The van der Waals surface area contributed by atoms with Crippen LogP contribution in [0.3, 0.4) is 0 Å². The zero-order valence-electron chi connectivity index (χ0n) is 11.0. The average molecular weight is 281 g/mol. The van der Waals surface area contributed by atoms with Crippen LogP contribution < -0.4 is 0 Å². The summed E-state index contributed by atoms with van der Waals surface area (Å²) in [6.45, 7) is 2.15. The summed E-state index contributed by atoms with van der Waals surface area (Å²) in [7, 11) is 4.10. The smallest absolute Gasteiger partial charge is 0.134 e. The normalized spacial score (nSPS) is 14.1. The van der Waals surface area contributed by atoms with Crippen LogP contribution in [-0.4, -0.2) is 30.1 Å². The van der Waals surface area contributed by atoms with Gasteiger partial charge in [0.1, 0.15) is 5.60 Å². The van der Waals surface area contributed by atoms with Gasteiger partial charge in [-0.1, -0.05) is 12.1 Å². The summed E-state index contributed by atoms with van der Waals surface area (Å²) < 4.78 is 0. The molecule has 0 spiro atoms. The third-order valence-electron chi connectivity index (χ3n) is 3.33. The number of rotatable bonds is 5. The van der Waals surface area contributed by atoms with Crippen molar-refractivity contribution in [1.29, 1.82) is 0 Å². The fourth-order valence-corrected chi connectivity index (χ4v) is 3.72. The maximum absolute atomic E-state index is 11.1. The van der Waals surface area contributed by atoms with Crippen LogP contribution in [-0.2, 0) is 5.60 Å². The first-order valence-corrected chi connectivity index (χ1v) is 7.77. The second-order valence-corrected chi connectivity index (χ2v) is 6.73. The van der Waals surface area contributed by atoms with Gasteiger partial charge in [0, 0.05) is 22.2 Å². The van der Waals surface area contributed by atoms with Gasteiger partial charge in [-0.15, -0.1) is 22.7 Å². The van der Waals surface area contributed by atoms with Crippen LogP contribution in [0.2, 0.25) is 0 Å². The van der Waals surface area contributed by atoms with Crippen molar-refractivity contribution in [3.63, 3.8) is 0 Å². The lowest BCUT2D eigenvalue weighted by molar-refractivity contribution is 0.0531. The van der Waals surface area contributed by atoms with Crippen LogP contribution in [0.15, 0.2) is 35.0 Å². The number of thiophene rings is 2. The Kier molecular flexibility index (Phi) is 4.22. The molecule has 18 heavy (non-hydrogen) atoms. The van der Waals surface area contributed by atoms with Gasteiger partial charge in [-0.05, 0) is 43.9 Å². The summed E-state index contributed by atoms with van der Waals surface area (Å²) in [5.41, 5.74) is -0.855. The van der Waals surface area contributed by atoms with E-state index >= 15 is 0 Å². The van der Waals surface area contributed by atoms with E-state index in [-0.39, 0.29) is 0 Å². The molecule has 2 nitrogen and oxygen atoms in total. The molecule has 0 saturated carbocycles. The molecule has 0 bridgehead atoms. The molecule has 1 N–H and O–H groups in total. The highest BCUT2D eigenvalue weighted by Crippen LogP contribution is 2.39. The van der Waals surface area contributed by atoms with Gasteiger partial charge in [0.25, 0.3) is 0 Å². The third kappa shape index (κ3) is 2.67. The molecule has 0 fully saturated rings. The molecule has 1 unspecified atom stereocenters. The van der Waals surface area contributed by atoms with E-state index in [4.69, 9.17) is 0 Å². The van der Waals surface area contributed by atoms with Crippen LogP contribution in [0, 0.1) is 0 Å². The van der Waals surface area contributed by atoms with Crippen molar-refractivity contribution in [2.75, 3.05) is 14.1 Å². The van der Waals surface area contributed by atoms with Gasteiger partial charge in [0.15, 0.2) is 0 Å². The van der Waals surface area contributed by atoms with Crippen LogP contribution >= 0.6 is 22.7 Å². The quantitative estimate of drug-likeness (QED) is 0.908. The molecule has 0 aromatic carbocycles. The molecule has 98 valence electrons. The standard InChI is InChI=1S/C14H19NOS2/c1-11(15(2)3)10-14(16,12-6-4-8-17-12)13-7-5-9-18-13/h4-9,11,16H,10H2,1-3H3. The first kappa shape index (κ1) is 13.7. The van der Waals surface area contributed by atoms with Crippen LogP contribution in [0.25, 0.3) is 0 Å². The van der Waals surface area contributed by atoms with E-state index in [0.717, 1.165) is 9.75 Å². The highest BCUT2D eigenvalue weighted by atomic mass is 32.1. The zero-order valence-corrected chi connectivity index (χ0v) is 12.6. The zero-order chi connectivity index (χ0) is 13.2. The topological polar surface area (TPSA) is 23.5 Å². The maximum Gasteiger partial charge on any atom is 0.134 e. The summed E-state index contributed by atoms with van der Waals surface area (Å²) in [6, 6.07) is 8.36. The Balaban J connectivity index is 2.35. The number of aliphatic hydroxyl groups is 1. The summed E-state index contributed by atoms with van der Waals surface area (Å²) in [5.74, 6) is 0. The van der Waals surface area contributed by atoms with Crippen molar-refractivity contribution in [3.05, 3.63) is 44.8 Å². The van der Waals surface area contributed by atoms with E-state index in [1.807, 2.05) is 49.1 Å². The van der Waals surface area contributed by atoms with Crippen LogP contribution in [0.1, 0.15) is 23.1 Å². The van der Waals surface area contributed by atoms with Crippen molar-refractivity contribution < 1.29 is 5.11 Å². The highest BCUT2D eigenvalue weighted by molar-refractivity contribution is 7.11. The molecule has 2 heterocycles. The van der Waals surface area contributed by atoms with Gasteiger partial charge in [0.05, 0.1) is 0 Å². The molecule has 0 saturated heterocycles. The van der Waals surface area contributed by atoms with E-state index in [9.17, 15) is 5.11 Å². The van der Waals surface area contributed by atoms with E-state index in [2.05, 4.69) is 11.8 Å². The van der Waals surface area contributed by atoms with Gasteiger partial charge >= 0.3 is 0 Å². The minimum absolute atomic E-state index is 0.319. The Hall–Kier alpha value is -0.680.